The molecule has 1 rings (SSSR count). The molecule has 0 saturated carbocycles. The molecule has 0 amide bonds. The second-order valence-corrected chi connectivity index (χ2v) is 4.30. The van der Waals surface area contributed by atoms with E-state index in [9.17, 15) is 15.3 Å². The third-order valence-corrected chi connectivity index (χ3v) is 2.94. The molecule has 0 spiro atoms. The third kappa shape index (κ3) is 3.54. The quantitative estimate of drug-likeness (QED) is 0.505. The van der Waals surface area contributed by atoms with E-state index < -0.39 is 5.54 Å². The van der Waals surface area contributed by atoms with Crippen molar-refractivity contribution >= 4 is 0 Å². The highest BCUT2D eigenvalue weighted by Crippen LogP contribution is 2.07. The summed E-state index contributed by atoms with van der Waals surface area (Å²) in [6.45, 7) is 2.66. The van der Waals surface area contributed by atoms with Gasteiger partial charge in [-0.3, -0.25) is 5.32 Å². The Labute approximate surface area is 102 Å². The van der Waals surface area contributed by atoms with Crippen LogP contribution in [0, 0.1) is 0 Å². The molecule has 0 radical (unpaired) electrons. The van der Waals surface area contributed by atoms with Crippen molar-refractivity contribution in [3.63, 3.8) is 0 Å². The molecule has 5 nitrogen and oxygen atoms in total. The molecule has 0 aliphatic rings. The lowest BCUT2D eigenvalue weighted by molar-refractivity contribution is 0.0409. The van der Waals surface area contributed by atoms with E-state index in [2.05, 4.69) is 16.8 Å². The number of aromatic nitrogens is 1. The average molecular weight is 242 g/mol. The monoisotopic (exact) mass is 242 g/mol. The molecule has 98 valence electrons. The maximum absolute atomic E-state index is 9.19. The van der Waals surface area contributed by atoms with E-state index in [4.69, 9.17) is 0 Å². The predicted octanol–water partition coefficient (Wildman–Crippen LogP) is -0.297. The van der Waals surface area contributed by atoms with Gasteiger partial charge >= 0.3 is 0 Å². The van der Waals surface area contributed by atoms with Crippen LogP contribution in [-0.2, 0) is 13.1 Å². The Morgan fingerprint density at radius 2 is 1.88 bits per heavy atom. The molecule has 1 aromatic heterocycles. The van der Waals surface area contributed by atoms with Gasteiger partial charge in [-0.15, -0.1) is 0 Å². The normalized spacial score (nSPS) is 12.0. The van der Waals surface area contributed by atoms with Crippen molar-refractivity contribution in [1.82, 2.24) is 9.88 Å². The highest BCUT2D eigenvalue weighted by Gasteiger charge is 2.27. The minimum Gasteiger partial charge on any atom is -0.394 e. The van der Waals surface area contributed by atoms with Crippen LogP contribution in [0.4, 0.5) is 0 Å². The second-order valence-electron chi connectivity index (χ2n) is 4.30. The zero-order valence-electron chi connectivity index (χ0n) is 10.3. The van der Waals surface area contributed by atoms with Crippen molar-refractivity contribution in [1.29, 1.82) is 0 Å². The Hall–Kier alpha value is -0.880. The van der Waals surface area contributed by atoms with Crippen LogP contribution in [0.1, 0.15) is 19.0 Å². The summed E-state index contributed by atoms with van der Waals surface area (Å²) in [6.07, 6.45) is 3.05. The van der Waals surface area contributed by atoms with Crippen LogP contribution in [0.2, 0.25) is 0 Å². The van der Waals surface area contributed by atoms with E-state index >= 15 is 0 Å². The largest absolute Gasteiger partial charge is 0.394 e. The number of aryl methyl sites for hydroxylation is 1. The van der Waals surface area contributed by atoms with Gasteiger partial charge in [-0.25, -0.2) is 0 Å². The predicted molar refractivity (Wildman–Crippen MR) is 65.6 cm³/mol. The Balaban J connectivity index is 2.62. The fourth-order valence-corrected chi connectivity index (χ4v) is 1.66. The Morgan fingerprint density at radius 3 is 2.41 bits per heavy atom. The van der Waals surface area contributed by atoms with E-state index in [1.165, 1.54) is 0 Å². The van der Waals surface area contributed by atoms with Crippen molar-refractivity contribution in [2.75, 3.05) is 19.8 Å². The summed E-state index contributed by atoms with van der Waals surface area (Å²) in [5.41, 5.74) is 0.0629. The molecule has 0 bridgehead atoms. The number of hydrogen-bond donors (Lipinski definition) is 4. The van der Waals surface area contributed by atoms with Gasteiger partial charge in [0.2, 0.25) is 0 Å². The first-order valence-electron chi connectivity index (χ1n) is 5.93. The highest BCUT2D eigenvalue weighted by molar-refractivity contribution is 5.07. The first-order chi connectivity index (χ1) is 8.21. The number of hydrogen-bond acceptors (Lipinski definition) is 4. The number of aliphatic hydroxyl groups excluding tert-OH is 3. The van der Waals surface area contributed by atoms with Gasteiger partial charge in [0.05, 0.1) is 25.4 Å². The standard InChI is InChI=1S/C12H22N2O3/c1-2-5-14-6-3-4-11(14)7-13-12(8-15,9-16)10-17/h3-4,6,13,15-17H,2,5,7-10H2,1H3. The molecule has 0 atom stereocenters. The first-order valence-corrected chi connectivity index (χ1v) is 5.93. The molecule has 0 aliphatic heterocycles. The number of aliphatic hydroxyl groups is 3. The number of nitrogens with one attached hydrogen (secondary N) is 1. The van der Waals surface area contributed by atoms with E-state index in [0.717, 1.165) is 18.7 Å². The lowest BCUT2D eigenvalue weighted by atomic mass is 10.0. The van der Waals surface area contributed by atoms with Crippen molar-refractivity contribution in [2.45, 2.75) is 32.0 Å². The van der Waals surface area contributed by atoms with Crippen molar-refractivity contribution < 1.29 is 15.3 Å². The fraction of sp³-hybridized carbons (Fsp3) is 0.667. The average Bonchev–Trinajstić information content (AvgIpc) is 2.80. The van der Waals surface area contributed by atoms with Gasteiger partial charge in [-0.1, -0.05) is 6.92 Å². The van der Waals surface area contributed by atoms with Gasteiger partial charge in [0.15, 0.2) is 0 Å². The van der Waals surface area contributed by atoms with Crippen LogP contribution in [0.5, 0.6) is 0 Å². The maximum Gasteiger partial charge on any atom is 0.0884 e. The summed E-state index contributed by atoms with van der Waals surface area (Å²) in [4.78, 5) is 0. The number of nitrogens with zero attached hydrogens (tertiary/aromatic N) is 1. The lowest BCUT2D eigenvalue weighted by Crippen LogP contribution is -2.54. The zero-order chi connectivity index (χ0) is 12.7. The number of rotatable bonds is 8. The molecule has 17 heavy (non-hydrogen) atoms. The fourth-order valence-electron chi connectivity index (χ4n) is 1.66. The molecule has 1 aromatic rings. The van der Waals surface area contributed by atoms with Crippen LogP contribution in [-0.4, -0.2) is 45.2 Å². The van der Waals surface area contributed by atoms with Gasteiger partial charge in [0, 0.05) is 25.0 Å². The lowest BCUT2D eigenvalue weighted by Gasteiger charge is -2.29. The molecule has 0 fully saturated rings. The van der Waals surface area contributed by atoms with Crippen LogP contribution in [0.3, 0.4) is 0 Å². The van der Waals surface area contributed by atoms with Gasteiger partial charge in [-0.05, 0) is 18.6 Å². The topological polar surface area (TPSA) is 77.7 Å². The summed E-state index contributed by atoms with van der Waals surface area (Å²) in [7, 11) is 0. The molecule has 0 aliphatic carbocycles. The summed E-state index contributed by atoms with van der Waals surface area (Å²) in [6, 6.07) is 3.95. The van der Waals surface area contributed by atoms with Crippen LogP contribution in [0.25, 0.3) is 0 Å². The van der Waals surface area contributed by atoms with E-state index in [1.807, 2.05) is 18.3 Å². The molecule has 0 unspecified atom stereocenters. The molecule has 0 saturated heterocycles. The van der Waals surface area contributed by atoms with E-state index in [0.29, 0.717) is 6.54 Å². The van der Waals surface area contributed by atoms with Crippen LogP contribution >= 0.6 is 0 Å². The maximum atomic E-state index is 9.19. The summed E-state index contributed by atoms with van der Waals surface area (Å²) in [5.74, 6) is 0. The second kappa shape index (κ2) is 6.76. The van der Waals surface area contributed by atoms with Crippen molar-refractivity contribution in [3.05, 3.63) is 24.0 Å². The molecule has 1 heterocycles. The van der Waals surface area contributed by atoms with Crippen LogP contribution < -0.4 is 5.32 Å². The minimum absolute atomic E-state index is 0.297. The summed E-state index contributed by atoms with van der Waals surface area (Å²) < 4.78 is 2.11. The molecule has 5 heteroatoms. The summed E-state index contributed by atoms with van der Waals surface area (Å²) in [5, 5.41) is 30.6. The van der Waals surface area contributed by atoms with Crippen LogP contribution in [0.15, 0.2) is 18.3 Å². The minimum atomic E-state index is -1.01. The zero-order valence-corrected chi connectivity index (χ0v) is 10.3. The van der Waals surface area contributed by atoms with Gasteiger partial charge in [-0.2, -0.15) is 0 Å². The molecular weight excluding hydrogens is 220 g/mol. The molecule has 4 N–H and O–H groups in total. The van der Waals surface area contributed by atoms with Crippen molar-refractivity contribution in [3.8, 4) is 0 Å². The summed E-state index contributed by atoms with van der Waals surface area (Å²) >= 11 is 0. The molecular formula is C12H22N2O3. The van der Waals surface area contributed by atoms with E-state index in [-0.39, 0.29) is 19.8 Å². The molecule has 0 aromatic carbocycles. The first kappa shape index (κ1) is 14.2. The van der Waals surface area contributed by atoms with Gasteiger partial charge < -0.3 is 19.9 Å². The smallest absolute Gasteiger partial charge is 0.0884 e. The van der Waals surface area contributed by atoms with E-state index in [1.54, 1.807) is 0 Å². The third-order valence-electron chi connectivity index (χ3n) is 2.94. The highest BCUT2D eigenvalue weighted by atomic mass is 16.3. The Bertz CT molecular complexity index is 313. The Kier molecular flexibility index (Phi) is 5.64. The van der Waals surface area contributed by atoms with Gasteiger partial charge in [0.25, 0.3) is 0 Å². The van der Waals surface area contributed by atoms with Crippen molar-refractivity contribution in [2.24, 2.45) is 0 Å². The SMILES string of the molecule is CCCn1cccc1CNC(CO)(CO)CO. The van der Waals surface area contributed by atoms with Gasteiger partial charge in [0.1, 0.15) is 0 Å². The Morgan fingerprint density at radius 1 is 1.24 bits per heavy atom.